The van der Waals surface area contributed by atoms with E-state index in [0.29, 0.717) is 12.5 Å². The fourth-order valence-corrected chi connectivity index (χ4v) is 3.19. The molecule has 2 aromatic carbocycles. The molecule has 144 valence electrons. The van der Waals surface area contributed by atoms with Gasteiger partial charge in [0.2, 0.25) is 5.88 Å². The second-order valence-corrected chi connectivity index (χ2v) is 6.37. The van der Waals surface area contributed by atoms with Crippen molar-refractivity contribution < 1.29 is 9.47 Å². The SMILES string of the molecule is CC.Cc1cc(OCCN2CCOCC2)nn1-c1ccc2ccccc2c1. The Bertz CT molecular complexity index is 854. The highest BCUT2D eigenvalue weighted by Gasteiger charge is 2.11. The van der Waals surface area contributed by atoms with E-state index in [9.17, 15) is 0 Å². The van der Waals surface area contributed by atoms with E-state index in [4.69, 9.17) is 9.47 Å². The van der Waals surface area contributed by atoms with E-state index < -0.39 is 0 Å². The van der Waals surface area contributed by atoms with E-state index >= 15 is 0 Å². The van der Waals surface area contributed by atoms with Crippen LogP contribution >= 0.6 is 0 Å². The summed E-state index contributed by atoms with van der Waals surface area (Å²) in [5.74, 6) is 0.680. The van der Waals surface area contributed by atoms with Crippen molar-refractivity contribution >= 4 is 10.8 Å². The molecule has 0 radical (unpaired) electrons. The Balaban J connectivity index is 0.00000102. The van der Waals surface area contributed by atoms with Crippen molar-refractivity contribution in [2.75, 3.05) is 39.5 Å². The van der Waals surface area contributed by atoms with Gasteiger partial charge in [-0.05, 0) is 29.8 Å². The zero-order valence-corrected chi connectivity index (χ0v) is 16.5. The van der Waals surface area contributed by atoms with Crippen LogP contribution in [0.5, 0.6) is 5.88 Å². The molecule has 1 aromatic heterocycles. The minimum Gasteiger partial charge on any atom is -0.475 e. The maximum absolute atomic E-state index is 5.86. The topological polar surface area (TPSA) is 39.5 Å². The van der Waals surface area contributed by atoms with Crippen molar-refractivity contribution in [2.45, 2.75) is 20.8 Å². The summed E-state index contributed by atoms with van der Waals surface area (Å²) in [4.78, 5) is 2.36. The maximum atomic E-state index is 5.86. The first-order chi connectivity index (χ1) is 13.3. The van der Waals surface area contributed by atoms with Crippen LogP contribution in [-0.2, 0) is 4.74 Å². The highest BCUT2D eigenvalue weighted by molar-refractivity contribution is 5.84. The third-order valence-corrected chi connectivity index (χ3v) is 4.60. The molecule has 0 amide bonds. The Labute approximate surface area is 161 Å². The van der Waals surface area contributed by atoms with Gasteiger partial charge in [0.25, 0.3) is 0 Å². The van der Waals surface area contributed by atoms with Crippen molar-refractivity contribution in [2.24, 2.45) is 0 Å². The van der Waals surface area contributed by atoms with Gasteiger partial charge in [0.15, 0.2) is 0 Å². The highest BCUT2D eigenvalue weighted by atomic mass is 16.5. The number of fused-ring (bicyclic) bond motifs is 1. The zero-order valence-electron chi connectivity index (χ0n) is 16.5. The smallest absolute Gasteiger partial charge is 0.233 e. The average molecular weight is 367 g/mol. The lowest BCUT2D eigenvalue weighted by Gasteiger charge is -2.26. The van der Waals surface area contributed by atoms with Crippen LogP contribution in [-0.4, -0.2) is 54.1 Å². The first-order valence-corrected chi connectivity index (χ1v) is 9.78. The van der Waals surface area contributed by atoms with Gasteiger partial charge in [-0.3, -0.25) is 4.90 Å². The van der Waals surface area contributed by atoms with Crippen LogP contribution in [0.3, 0.4) is 0 Å². The van der Waals surface area contributed by atoms with E-state index in [0.717, 1.165) is 44.2 Å². The van der Waals surface area contributed by atoms with Gasteiger partial charge in [-0.25, -0.2) is 4.68 Å². The Kier molecular flexibility index (Phi) is 6.85. The quantitative estimate of drug-likeness (QED) is 0.681. The molecule has 0 atom stereocenters. The molecule has 0 aliphatic carbocycles. The predicted molar refractivity (Wildman–Crippen MR) is 110 cm³/mol. The van der Waals surface area contributed by atoms with Crippen LogP contribution in [0.15, 0.2) is 48.5 Å². The van der Waals surface area contributed by atoms with Gasteiger partial charge in [-0.15, -0.1) is 5.10 Å². The molecule has 0 spiro atoms. The van der Waals surface area contributed by atoms with E-state index in [-0.39, 0.29) is 0 Å². The van der Waals surface area contributed by atoms with Crippen LogP contribution in [0, 0.1) is 6.92 Å². The summed E-state index contributed by atoms with van der Waals surface area (Å²) in [5, 5.41) is 7.07. The molecule has 27 heavy (non-hydrogen) atoms. The standard InChI is InChI=1S/C20H23N3O2.C2H6/c1-16-14-20(25-13-10-22-8-11-24-12-9-22)21-23(16)19-7-6-17-4-2-3-5-18(17)15-19;1-2/h2-7,14-15H,8-13H2,1H3;1-2H3. The van der Waals surface area contributed by atoms with Gasteiger partial charge in [0.1, 0.15) is 6.61 Å². The van der Waals surface area contributed by atoms with E-state index in [2.05, 4.69) is 59.4 Å². The molecule has 5 nitrogen and oxygen atoms in total. The molecule has 1 saturated heterocycles. The normalized spacial score (nSPS) is 14.6. The molecule has 0 N–H and O–H groups in total. The first kappa shape index (κ1) is 19.4. The maximum Gasteiger partial charge on any atom is 0.233 e. The number of hydrogen-bond acceptors (Lipinski definition) is 4. The summed E-state index contributed by atoms with van der Waals surface area (Å²) in [5.41, 5.74) is 2.12. The minimum atomic E-state index is 0.647. The van der Waals surface area contributed by atoms with Gasteiger partial charge >= 0.3 is 0 Å². The van der Waals surface area contributed by atoms with E-state index in [1.54, 1.807) is 0 Å². The molecule has 2 heterocycles. The molecule has 3 aromatic rings. The molecular formula is C22H29N3O2. The largest absolute Gasteiger partial charge is 0.475 e. The number of ether oxygens (including phenoxy) is 2. The molecule has 5 heteroatoms. The van der Waals surface area contributed by atoms with Crippen LogP contribution in [0.2, 0.25) is 0 Å². The van der Waals surface area contributed by atoms with Crippen molar-refractivity contribution in [3.8, 4) is 11.6 Å². The number of benzene rings is 2. The Morgan fingerprint density at radius 2 is 1.74 bits per heavy atom. The third-order valence-electron chi connectivity index (χ3n) is 4.60. The average Bonchev–Trinajstić information content (AvgIpc) is 3.10. The molecule has 1 fully saturated rings. The lowest BCUT2D eigenvalue weighted by Crippen LogP contribution is -2.38. The lowest BCUT2D eigenvalue weighted by atomic mass is 10.1. The molecule has 0 unspecified atom stereocenters. The van der Waals surface area contributed by atoms with Crippen molar-refractivity contribution in [1.82, 2.24) is 14.7 Å². The van der Waals surface area contributed by atoms with Crippen molar-refractivity contribution in [3.05, 3.63) is 54.2 Å². The van der Waals surface area contributed by atoms with Crippen LogP contribution in [0.4, 0.5) is 0 Å². The number of aryl methyl sites for hydroxylation is 1. The lowest BCUT2D eigenvalue weighted by molar-refractivity contribution is 0.0320. The summed E-state index contributed by atoms with van der Waals surface area (Å²) in [6, 6.07) is 16.7. The number of nitrogens with zero attached hydrogens (tertiary/aromatic N) is 3. The second kappa shape index (κ2) is 9.53. The molecule has 0 saturated carbocycles. The Morgan fingerprint density at radius 1 is 1.00 bits per heavy atom. The highest BCUT2D eigenvalue weighted by Crippen LogP contribution is 2.21. The van der Waals surface area contributed by atoms with Crippen molar-refractivity contribution in [3.63, 3.8) is 0 Å². The van der Waals surface area contributed by atoms with Crippen molar-refractivity contribution in [1.29, 1.82) is 0 Å². The van der Waals surface area contributed by atoms with Crippen LogP contribution in [0.1, 0.15) is 19.5 Å². The van der Waals surface area contributed by atoms with Gasteiger partial charge in [0, 0.05) is 31.4 Å². The number of rotatable bonds is 5. The summed E-state index contributed by atoms with van der Waals surface area (Å²) in [6.45, 7) is 11.2. The third kappa shape index (κ3) is 4.87. The molecule has 1 aliphatic heterocycles. The number of aromatic nitrogens is 2. The minimum absolute atomic E-state index is 0.647. The molecular weight excluding hydrogens is 338 g/mol. The fourth-order valence-electron chi connectivity index (χ4n) is 3.19. The predicted octanol–water partition coefficient (Wildman–Crippen LogP) is 4.07. The van der Waals surface area contributed by atoms with Gasteiger partial charge in [-0.2, -0.15) is 0 Å². The summed E-state index contributed by atoms with van der Waals surface area (Å²) in [7, 11) is 0. The summed E-state index contributed by atoms with van der Waals surface area (Å²) < 4.78 is 13.2. The monoisotopic (exact) mass is 367 g/mol. The second-order valence-electron chi connectivity index (χ2n) is 6.37. The first-order valence-electron chi connectivity index (χ1n) is 9.78. The van der Waals surface area contributed by atoms with Gasteiger partial charge in [0.05, 0.1) is 18.9 Å². The van der Waals surface area contributed by atoms with Gasteiger partial charge in [-0.1, -0.05) is 44.2 Å². The number of morpholine rings is 1. The van der Waals surface area contributed by atoms with Crippen LogP contribution < -0.4 is 4.74 Å². The van der Waals surface area contributed by atoms with E-state index in [1.165, 1.54) is 10.8 Å². The Hall–Kier alpha value is -2.37. The summed E-state index contributed by atoms with van der Waals surface area (Å²) >= 11 is 0. The Morgan fingerprint density at radius 3 is 2.52 bits per heavy atom. The summed E-state index contributed by atoms with van der Waals surface area (Å²) in [6.07, 6.45) is 0. The molecule has 1 aliphatic rings. The zero-order chi connectivity index (χ0) is 19.1. The van der Waals surface area contributed by atoms with E-state index in [1.807, 2.05) is 24.6 Å². The van der Waals surface area contributed by atoms with Gasteiger partial charge < -0.3 is 9.47 Å². The molecule has 4 rings (SSSR count). The number of hydrogen-bond donors (Lipinski definition) is 0. The van der Waals surface area contributed by atoms with Crippen LogP contribution in [0.25, 0.3) is 16.5 Å². The fraction of sp³-hybridized carbons (Fsp3) is 0.409. The molecule has 0 bridgehead atoms.